The summed E-state index contributed by atoms with van der Waals surface area (Å²) in [6.07, 6.45) is 3.65. The SMILES string of the molecule is CCn1ccc(-c2cc(C(=O)N[C@@H](C)c3cnn(C)c3C)c3c(C)noc3n2)n1. The van der Waals surface area contributed by atoms with Gasteiger partial charge in [0, 0.05) is 31.0 Å². The minimum absolute atomic E-state index is 0.206. The van der Waals surface area contributed by atoms with Gasteiger partial charge in [0.1, 0.15) is 5.69 Å². The van der Waals surface area contributed by atoms with Gasteiger partial charge in [0.2, 0.25) is 0 Å². The molecule has 9 heteroatoms. The van der Waals surface area contributed by atoms with Crippen molar-refractivity contribution in [2.75, 3.05) is 0 Å². The molecule has 1 N–H and O–H groups in total. The van der Waals surface area contributed by atoms with E-state index in [2.05, 4.69) is 25.7 Å². The summed E-state index contributed by atoms with van der Waals surface area (Å²) in [4.78, 5) is 17.7. The Labute approximate surface area is 167 Å². The molecule has 4 aromatic heterocycles. The Balaban J connectivity index is 1.74. The van der Waals surface area contributed by atoms with Crippen molar-refractivity contribution < 1.29 is 9.32 Å². The molecule has 4 heterocycles. The number of amides is 1. The predicted molar refractivity (Wildman–Crippen MR) is 107 cm³/mol. The fourth-order valence-electron chi connectivity index (χ4n) is 3.37. The van der Waals surface area contributed by atoms with Crippen LogP contribution in [0.1, 0.15) is 47.2 Å². The lowest BCUT2D eigenvalue weighted by Gasteiger charge is -2.14. The monoisotopic (exact) mass is 393 g/mol. The van der Waals surface area contributed by atoms with Crippen molar-refractivity contribution in [2.24, 2.45) is 7.05 Å². The molecule has 150 valence electrons. The van der Waals surface area contributed by atoms with Gasteiger partial charge in [-0.05, 0) is 39.8 Å². The molecule has 1 amide bonds. The lowest BCUT2D eigenvalue weighted by molar-refractivity contribution is 0.0941. The summed E-state index contributed by atoms with van der Waals surface area (Å²) in [6.45, 7) is 8.46. The number of pyridine rings is 1. The highest BCUT2D eigenvalue weighted by Crippen LogP contribution is 2.27. The maximum atomic E-state index is 13.2. The fourth-order valence-corrected chi connectivity index (χ4v) is 3.37. The van der Waals surface area contributed by atoms with Gasteiger partial charge in [-0.2, -0.15) is 10.2 Å². The molecule has 0 aliphatic carbocycles. The Morgan fingerprint density at radius 1 is 1.31 bits per heavy atom. The maximum Gasteiger partial charge on any atom is 0.259 e. The Morgan fingerprint density at radius 2 is 2.10 bits per heavy atom. The number of rotatable bonds is 5. The molecule has 0 saturated carbocycles. The van der Waals surface area contributed by atoms with Gasteiger partial charge in [0.25, 0.3) is 11.6 Å². The quantitative estimate of drug-likeness (QED) is 0.559. The van der Waals surface area contributed by atoms with E-state index >= 15 is 0 Å². The molecule has 0 aliphatic heterocycles. The van der Waals surface area contributed by atoms with Crippen molar-refractivity contribution in [3.63, 3.8) is 0 Å². The molecule has 0 spiro atoms. The first-order valence-electron chi connectivity index (χ1n) is 9.49. The smallest absolute Gasteiger partial charge is 0.259 e. The van der Waals surface area contributed by atoms with Crippen LogP contribution in [0.25, 0.3) is 22.5 Å². The number of carbonyl (C=O) groups excluding carboxylic acids is 1. The Morgan fingerprint density at radius 3 is 2.76 bits per heavy atom. The van der Waals surface area contributed by atoms with E-state index in [1.807, 2.05) is 40.1 Å². The van der Waals surface area contributed by atoms with Crippen LogP contribution in [-0.2, 0) is 13.6 Å². The number of nitrogens with one attached hydrogen (secondary N) is 1. The lowest BCUT2D eigenvalue weighted by atomic mass is 10.1. The van der Waals surface area contributed by atoms with Crippen molar-refractivity contribution in [1.29, 1.82) is 0 Å². The second-order valence-electron chi connectivity index (χ2n) is 7.06. The summed E-state index contributed by atoms with van der Waals surface area (Å²) in [5.74, 6) is -0.226. The number of hydrogen-bond acceptors (Lipinski definition) is 6. The second kappa shape index (κ2) is 7.16. The summed E-state index contributed by atoms with van der Waals surface area (Å²) in [5, 5.41) is 16.4. The zero-order chi connectivity index (χ0) is 20.7. The van der Waals surface area contributed by atoms with Crippen molar-refractivity contribution in [1.82, 2.24) is 35.0 Å². The number of aromatic nitrogens is 6. The summed E-state index contributed by atoms with van der Waals surface area (Å²) in [5.41, 5.74) is 4.61. The van der Waals surface area contributed by atoms with E-state index in [-0.39, 0.29) is 11.9 Å². The van der Waals surface area contributed by atoms with Crippen molar-refractivity contribution in [3.8, 4) is 11.4 Å². The van der Waals surface area contributed by atoms with Crippen LogP contribution in [-0.4, -0.2) is 35.6 Å². The number of carbonyl (C=O) groups is 1. The van der Waals surface area contributed by atoms with E-state index in [0.717, 1.165) is 17.8 Å². The number of nitrogens with zero attached hydrogens (tertiary/aromatic N) is 6. The van der Waals surface area contributed by atoms with Crippen LogP contribution in [0.2, 0.25) is 0 Å². The first-order valence-corrected chi connectivity index (χ1v) is 9.49. The maximum absolute atomic E-state index is 13.2. The van der Waals surface area contributed by atoms with Crippen molar-refractivity contribution >= 4 is 17.0 Å². The topological polar surface area (TPSA) is 104 Å². The Hall–Kier alpha value is -3.49. The molecule has 4 rings (SSSR count). The van der Waals surface area contributed by atoms with Gasteiger partial charge in [-0.3, -0.25) is 14.2 Å². The van der Waals surface area contributed by atoms with Crippen molar-refractivity contribution in [2.45, 2.75) is 40.3 Å². The van der Waals surface area contributed by atoms with Crippen molar-refractivity contribution in [3.05, 3.63) is 47.0 Å². The third kappa shape index (κ3) is 3.28. The molecule has 0 saturated heterocycles. The van der Waals surface area contributed by atoms with Gasteiger partial charge in [-0.15, -0.1) is 0 Å². The molecule has 0 fully saturated rings. The van der Waals surface area contributed by atoms with E-state index in [4.69, 9.17) is 4.52 Å². The average molecular weight is 393 g/mol. The van der Waals surface area contributed by atoms with Gasteiger partial charge in [0.05, 0.1) is 34.6 Å². The fraction of sp³-hybridized carbons (Fsp3) is 0.350. The molecule has 1 atom stereocenters. The summed E-state index contributed by atoms with van der Waals surface area (Å²) in [6, 6.07) is 3.40. The van der Waals surface area contributed by atoms with Crippen LogP contribution in [0.15, 0.2) is 29.0 Å². The Kier molecular flexibility index (Phi) is 4.65. The first-order chi connectivity index (χ1) is 13.9. The molecule has 0 aromatic carbocycles. The van der Waals surface area contributed by atoms with Crippen LogP contribution in [0.5, 0.6) is 0 Å². The number of hydrogen-bond donors (Lipinski definition) is 1. The molecular weight excluding hydrogens is 370 g/mol. The third-order valence-electron chi connectivity index (χ3n) is 5.18. The molecule has 4 aromatic rings. The van der Waals surface area contributed by atoms with E-state index < -0.39 is 0 Å². The zero-order valence-corrected chi connectivity index (χ0v) is 17.1. The Bertz CT molecular complexity index is 1200. The highest BCUT2D eigenvalue weighted by Gasteiger charge is 2.22. The molecule has 29 heavy (non-hydrogen) atoms. The lowest BCUT2D eigenvalue weighted by Crippen LogP contribution is -2.27. The summed E-state index contributed by atoms with van der Waals surface area (Å²) < 4.78 is 8.95. The minimum Gasteiger partial charge on any atom is -0.345 e. The predicted octanol–water partition coefficient (Wildman–Crippen LogP) is 2.95. The minimum atomic E-state index is -0.226. The van der Waals surface area contributed by atoms with Crippen LogP contribution in [0.4, 0.5) is 0 Å². The zero-order valence-electron chi connectivity index (χ0n) is 17.1. The van der Waals surface area contributed by atoms with E-state index in [0.29, 0.717) is 33.7 Å². The highest BCUT2D eigenvalue weighted by molar-refractivity contribution is 6.07. The third-order valence-corrected chi connectivity index (χ3v) is 5.18. The van der Waals surface area contributed by atoms with Gasteiger partial charge >= 0.3 is 0 Å². The summed E-state index contributed by atoms with van der Waals surface area (Å²) in [7, 11) is 1.88. The largest absolute Gasteiger partial charge is 0.345 e. The highest BCUT2D eigenvalue weighted by atomic mass is 16.5. The van der Waals surface area contributed by atoms with E-state index in [1.54, 1.807) is 28.6 Å². The van der Waals surface area contributed by atoms with Gasteiger partial charge in [-0.25, -0.2) is 4.98 Å². The molecule has 9 nitrogen and oxygen atoms in total. The van der Waals surface area contributed by atoms with Gasteiger partial charge in [-0.1, -0.05) is 5.16 Å². The number of aryl methyl sites for hydroxylation is 3. The average Bonchev–Trinajstić information content (AvgIpc) is 3.41. The molecular formula is C20H23N7O2. The molecule has 0 aliphatic rings. The van der Waals surface area contributed by atoms with Gasteiger partial charge < -0.3 is 9.84 Å². The van der Waals surface area contributed by atoms with Crippen LogP contribution >= 0.6 is 0 Å². The first kappa shape index (κ1) is 18.9. The standard InChI is InChI=1S/C20H23N7O2/c1-6-27-8-7-16(24-27)17-9-14(18-12(3)25-29-20(18)23-17)19(28)22-11(2)15-10-21-26(5)13(15)4/h7-11H,6H2,1-5H3,(H,22,28)/t11-/m0/s1. The normalized spacial score (nSPS) is 12.4. The van der Waals surface area contributed by atoms with Crippen LogP contribution in [0.3, 0.4) is 0 Å². The van der Waals surface area contributed by atoms with Gasteiger partial charge in [0.15, 0.2) is 0 Å². The molecule has 0 unspecified atom stereocenters. The van der Waals surface area contributed by atoms with Crippen LogP contribution < -0.4 is 5.32 Å². The molecule has 0 bridgehead atoms. The molecule has 0 radical (unpaired) electrons. The summed E-state index contributed by atoms with van der Waals surface area (Å²) >= 11 is 0. The second-order valence-corrected chi connectivity index (χ2v) is 7.06. The van der Waals surface area contributed by atoms with Crippen LogP contribution in [0, 0.1) is 13.8 Å². The van der Waals surface area contributed by atoms with E-state index in [1.165, 1.54) is 0 Å². The number of fused-ring (bicyclic) bond motifs is 1. The van der Waals surface area contributed by atoms with E-state index in [9.17, 15) is 4.79 Å².